The summed E-state index contributed by atoms with van der Waals surface area (Å²) in [4.78, 5) is 11.3. The van der Waals surface area contributed by atoms with Crippen LogP contribution in [-0.4, -0.2) is 43.0 Å². The zero-order valence-electron chi connectivity index (χ0n) is 14.2. The minimum Gasteiger partial charge on any atom is -0.493 e. The minimum atomic E-state index is 0.697. The van der Waals surface area contributed by atoms with Gasteiger partial charge < -0.3 is 14.4 Å². The summed E-state index contributed by atoms with van der Waals surface area (Å²) in [6.07, 6.45) is 5.40. The van der Waals surface area contributed by atoms with E-state index in [0.717, 1.165) is 35.7 Å². The average Bonchev–Trinajstić information content (AvgIpc) is 2.65. The van der Waals surface area contributed by atoms with E-state index in [1.807, 2.05) is 23.5 Å². The summed E-state index contributed by atoms with van der Waals surface area (Å²) in [6.45, 7) is 2.10. The zero-order valence-corrected chi connectivity index (χ0v) is 16.2. The lowest BCUT2D eigenvalue weighted by Gasteiger charge is -2.33. The van der Waals surface area contributed by atoms with Gasteiger partial charge in [0, 0.05) is 24.5 Å². The number of nitrogens with zero attached hydrogens (tertiary/aromatic N) is 3. The molecule has 0 bridgehead atoms. The van der Waals surface area contributed by atoms with Crippen molar-refractivity contribution in [2.45, 2.75) is 19.3 Å². The Morgan fingerprint density at radius 3 is 2.54 bits per heavy atom. The number of fused-ring (bicyclic) bond motifs is 1. The van der Waals surface area contributed by atoms with Crippen molar-refractivity contribution in [2.75, 3.05) is 38.0 Å². The van der Waals surface area contributed by atoms with Crippen LogP contribution >= 0.6 is 19.8 Å². The highest BCUT2D eigenvalue weighted by Crippen LogP contribution is 2.36. The van der Waals surface area contributed by atoms with E-state index in [-0.39, 0.29) is 0 Å². The number of aromatic nitrogens is 2. The molecule has 1 aromatic carbocycles. The Morgan fingerprint density at radius 1 is 1.17 bits per heavy atom. The predicted octanol–water partition coefficient (Wildman–Crippen LogP) is 3.78. The number of piperidine rings is 1. The van der Waals surface area contributed by atoms with Crippen LogP contribution in [0.1, 0.15) is 19.3 Å². The predicted molar refractivity (Wildman–Crippen MR) is 104 cm³/mol. The lowest BCUT2D eigenvalue weighted by Crippen LogP contribution is -2.34. The number of hydrogen-bond donors (Lipinski definition) is 0. The standard InChI is InChI=1S/C17H24N3O2PS/c1-21-15-9-13-14(10-16(15)22-2)18-11-19-17(13)20-6-3-12(4-7-20)5-8-24-23/h9-12H,3-8,23H2,1-2H3. The molecule has 1 fully saturated rings. The van der Waals surface area contributed by atoms with E-state index < -0.39 is 0 Å². The molecule has 0 amide bonds. The van der Waals surface area contributed by atoms with Crippen molar-refractivity contribution < 1.29 is 9.47 Å². The first kappa shape index (κ1) is 17.6. The van der Waals surface area contributed by atoms with Crippen molar-refractivity contribution >= 4 is 36.5 Å². The lowest BCUT2D eigenvalue weighted by atomic mass is 9.94. The monoisotopic (exact) mass is 365 g/mol. The van der Waals surface area contributed by atoms with Crippen LogP contribution in [0.5, 0.6) is 11.5 Å². The summed E-state index contributed by atoms with van der Waals surface area (Å²) in [5.41, 5.74) is 0.888. The van der Waals surface area contributed by atoms with E-state index in [9.17, 15) is 0 Å². The Kier molecular flexibility index (Phi) is 6.01. The van der Waals surface area contributed by atoms with E-state index in [1.165, 1.54) is 25.0 Å². The van der Waals surface area contributed by atoms with Gasteiger partial charge in [-0.15, -0.1) is 11.4 Å². The number of hydrogen-bond acceptors (Lipinski definition) is 6. The van der Waals surface area contributed by atoms with Gasteiger partial charge in [0.25, 0.3) is 0 Å². The first-order chi connectivity index (χ1) is 11.8. The first-order valence-electron chi connectivity index (χ1n) is 8.20. The van der Waals surface area contributed by atoms with Gasteiger partial charge in [-0.1, -0.05) is 8.44 Å². The lowest BCUT2D eigenvalue weighted by molar-refractivity contribution is 0.355. The van der Waals surface area contributed by atoms with Crippen LogP contribution in [0.3, 0.4) is 0 Å². The molecule has 1 aliphatic rings. The average molecular weight is 365 g/mol. The van der Waals surface area contributed by atoms with Gasteiger partial charge in [0.1, 0.15) is 12.1 Å². The maximum absolute atomic E-state index is 5.44. The maximum atomic E-state index is 5.44. The summed E-state index contributed by atoms with van der Waals surface area (Å²) >= 11 is 1.86. The Morgan fingerprint density at radius 2 is 1.88 bits per heavy atom. The van der Waals surface area contributed by atoms with Crippen molar-refractivity contribution in [3.63, 3.8) is 0 Å². The number of rotatable bonds is 6. The van der Waals surface area contributed by atoms with E-state index in [4.69, 9.17) is 9.47 Å². The molecule has 130 valence electrons. The third-order valence-corrected chi connectivity index (χ3v) is 5.86. The summed E-state index contributed by atoms with van der Waals surface area (Å²) in [6, 6.07) is 3.91. The largest absolute Gasteiger partial charge is 0.493 e. The topological polar surface area (TPSA) is 47.5 Å². The molecule has 3 rings (SSSR count). The van der Waals surface area contributed by atoms with Crippen LogP contribution in [0.15, 0.2) is 18.5 Å². The van der Waals surface area contributed by atoms with Gasteiger partial charge in [0.2, 0.25) is 0 Å². The van der Waals surface area contributed by atoms with Gasteiger partial charge in [-0.2, -0.15) is 0 Å². The van der Waals surface area contributed by atoms with E-state index in [2.05, 4.69) is 23.3 Å². The highest BCUT2D eigenvalue weighted by Gasteiger charge is 2.22. The van der Waals surface area contributed by atoms with E-state index >= 15 is 0 Å². The van der Waals surface area contributed by atoms with Gasteiger partial charge in [0.05, 0.1) is 19.7 Å². The molecule has 1 aliphatic heterocycles. The van der Waals surface area contributed by atoms with Crippen molar-refractivity contribution in [3.8, 4) is 11.5 Å². The molecular formula is C17H24N3O2PS. The third kappa shape index (κ3) is 3.70. The Labute approximate surface area is 149 Å². The van der Waals surface area contributed by atoms with Crippen LogP contribution in [0.2, 0.25) is 0 Å². The second-order valence-corrected chi connectivity index (χ2v) is 7.75. The van der Waals surface area contributed by atoms with E-state index in [0.29, 0.717) is 11.5 Å². The summed E-state index contributed by atoms with van der Waals surface area (Å²) < 4.78 is 10.8. The van der Waals surface area contributed by atoms with Crippen molar-refractivity contribution in [1.82, 2.24) is 9.97 Å². The molecule has 1 saturated heterocycles. The van der Waals surface area contributed by atoms with Gasteiger partial charge in [-0.05, 0) is 37.0 Å². The molecule has 24 heavy (non-hydrogen) atoms. The maximum Gasteiger partial charge on any atom is 0.162 e. The molecule has 1 unspecified atom stereocenters. The third-order valence-electron chi connectivity index (χ3n) is 4.68. The highest BCUT2D eigenvalue weighted by atomic mass is 32.7. The molecule has 0 spiro atoms. The Bertz CT molecular complexity index is 693. The fraction of sp³-hybridized carbons (Fsp3) is 0.529. The van der Waals surface area contributed by atoms with Gasteiger partial charge in [-0.25, -0.2) is 9.97 Å². The molecule has 0 radical (unpaired) electrons. The number of ether oxygens (including phenoxy) is 2. The molecule has 5 nitrogen and oxygen atoms in total. The van der Waals surface area contributed by atoms with Crippen LogP contribution in [0.25, 0.3) is 10.9 Å². The van der Waals surface area contributed by atoms with Crippen LogP contribution in [0.4, 0.5) is 5.82 Å². The molecule has 1 aromatic heterocycles. The normalized spacial score (nSPS) is 15.7. The molecule has 7 heteroatoms. The first-order valence-corrected chi connectivity index (χ1v) is 10.7. The van der Waals surface area contributed by atoms with Crippen LogP contribution < -0.4 is 14.4 Å². The fourth-order valence-electron chi connectivity index (χ4n) is 3.29. The number of methoxy groups -OCH3 is 2. The van der Waals surface area contributed by atoms with Gasteiger partial charge >= 0.3 is 0 Å². The van der Waals surface area contributed by atoms with Crippen LogP contribution in [0, 0.1) is 5.92 Å². The Balaban J connectivity index is 1.85. The second-order valence-electron chi connectivity index (χ2n) is 6.01. The molecular weight excluding hydrogens is 341 g/mol. The van der Waals surface area contributed by atoms with E-state index in [1.54, 1.807) is 20.5 Å². The summed E-state index contributed by atoms with van der Waals surface area (Å²) in [5.74, 6) is 4.47. The molecule has 0 saturated carbocycles. The van der Waals surface area contributed by atoms with Crippen molar-refractivity contribution in [2.24, 2.45) is 5.92 Å². The second kappa shape index (κ2) is 8.21. The molecule has 2 aromatic rings. The molecule has 1 atom stereocenters. The molecule has 0 aliphatic carbocycles. The quantitative estimate of drug-likeness (QED) is 0.726. The van der Waals surface area contributed by atoms with Gasteiger partial charge in [-0.3, -0.25) is 0 Å². The highest BCUT2D eigenvalue weighted by molar-refractivity contribution is 8.43. The minimum absolute atomic E-state index is 0.697. The van der Waals surface area contributed by atoms with Crippen LogP contribution in [-0.2, 0) is 0 Å². The van der Waals surface area contributed by atoms with Crippen molar-refractivity contribution in [3.05, 3.63) is 18.5 Å². The molecule has 2 heterocycles. The van der Waals surface area contributed by atoms with Gasteiger partial charge in [0.15, 0.2) is 11.5 Å². The smallest absolute Gasteiger partial charge is 0.162 e. The molecule has 0 N–H and O–H groups in total. The summed E-state index contributed by atoms with van der Waals surface area (Å²) in [5, 5.41) is 1.02. The number of anilines is 1. The summed E-state index contributed by atoms with van der Waals surface area (Å²) in [7, 11) is 6.04. The van der Waals surface area contributed by atoms with Crippen molar-refractivity contribution in [1.29, 1.82) is 0 Å². The Hall–Kier alpha value is -1.26. The SMILES string of the molecule is COc1cc2ncnc(N3CCC(CCSP)CC3)c2cc1OC. The fourth-order valence-corrected chi connectivity index (χ4v) is 4.17. The number of benzene rings is 1. The zero-order chi connectivity index (χ0) is 16.9.